The molecular formula is C13H11BF3NO3. The van der Waals surface area contributed by atoms with Crippen molar-refractivity contribution in [1.29, 1.82) is 0 Å². The molecule has 0 saturated carbocycles. The van der Waals surface area contributed by atoms with Crippen LogP contribution in [0.25, 0.3) is 11.3 Å². The van der Waals surface area contributed by atoms with E-state index in [2.05, 4.69) is 9.72 Å². The number of pyridine rings is 1. The van der Waals surface area contributed by atoms with Crippen molar-refractivity contribution in [1.82, 2.24) is 4.98 Å². The van der Waals surface area contributed by atoms with Crippen molar-refractivity contribution in [3.05, 3.63) is 42.1 Å². The van der Waals surface area contributed by atoms with Gasteiger partial charge in [0, 0.05) is 11.8 Å². The first kappa shape index (κ1) is 15.3. The van der Waals surface area contributed by atoms with E-state index in [1.807, 2.05) is 0 Å². The number of aromatic nitrogens is 1. The summed E-state index contributed by atoms with van der Waals surface area (Å²) < 4.78 is 40.0. The SMILES string of the molecule is Cc1c(B(O)O)ccnc1-c1ccc(OC(F)(F)F)cc1. The summed E-state index contributed by atoms with van der Waals surface area (Å²) in [7, 11) is -1.64. The summed E-state index contributed by atoms with van der Waals surface area (Å²) in [6.45, 7) is 1.65. The molecule has 1 aromatic heterocycles. The molecule has 21 heavy (non-hydrogen) atoms. The highest BCUT2D eigenvalue weighted by Crippen LogP contribution is 2.26. The molecule has 0 spiro atoms. The van der Waals surface area contributed by atoms with E-state index in [-0.39, 0.29) is 11.2 Å². The van der Waals surface area contributed by atoms with Gasteiger partial charge in [0.05, 0.1) is 5.69 Å². The molecule has 2 aromatic rings. The topological polar surface area (TPSA) is 62.6 Å². The summed E-state index contributed by atoms with van der Waals surface area (Å²) in [5.74, 6) is -0.331. The average molecular weight is 297 g/mol. The van der Waals surface area contributed by atoms with Gasteiger partial charge >= 0.3 is 13.5 Å². The monoisotopic (exact) mass is 297 g/mol. The molecule has 0 amide bonds. The summed E-state index contributed by atoms with van der Waals surface area (Å²) in [6.07, 6.45) is -3.34. The van der Waals surface area contributed by atoms with Gasteiger partial charge in [-0.25, -0.2) is 0 Å². The summed E-state index contributed by atoms with van der Waals surface area (Å²) in [4.78, 5) is 4.11. The molecule has 0 saturated heterocycles. The van der Waals surface area contributed by atoms with Crippen molar-refractivity contribution in [2.24, 2.45) is 0 Å². The number of benzene rings is 1. The highest BCUT2D eigenvalue weighted by molar-refractivity contribution is 6.59. The Morgan fingerprint density at radius 1 is 1.10 bits per heavy atom. The van der Waals surface area contributed by atoms with Crippen molar-refractivity contribution in [2.75, 3.05) is 0 Å². The first-order chi connectivity index (χ1) is 9.78. The van der Waals surface area contributed by atoms with Crippen molar-refractivity contribution in [2.45, 2.75) is 13.3 Å². The van der Waals surface area contributed by atoms with E-state index >= 15 is 0 Å². The van der Waals surface area contributed by atoms with Gasteiger partial charge in [-0.3, -0.25) is 4.98 Å². The zero-order valence-corrected chi connectivity index (χ0v) is 10.9. The average Bonchev–Trinajstić information content (AvgIpc) is 2.38. The lowest BCUT2D eigenvalue weighted by molar-refractivity contribution is -0.274. The van der Waals surface area contributed by atoms with Crippen molar-refractivity contribution >= 4 is 12.6 Å². The van der Waals surface area contributed by atoms with Crippen LogP contribution in [0.15, 0.2) is 36.5 Å². The zero-order chi connectivity index (χ0) is 15.6. The third-order valence-corrected chi connectivity index (χ3v) is 2.89. The van der Waals surface area contributed by atoms with Crippen molar-refractivity contribution in [3.63, 3.8) is 0 Å². The predicted molar refractivity (Wildman–Crippen MR) is 70.9 cm³/mol. The number of hydrogen-bond acceptors (Lipinski definition) is 4. The maximum absolute atomic E-state index is 12.1. The Hall–Kier alpha value is -2.06. The lowest BCUT2D eigenvalue weighted by Crippen LogP contribution is -2.32. The minimum Gasteiger partial charge on any atom is -0.423 e. The smallest absolute Gasteiger partial charge is 0.423 e. The normalized spacial score (nSPS) is 11.3. The second-order valence-electron chi connectivity index (χ2n) is 4.32. The maximum Gasteiger partial charge on any atom is 0.573 e. The second kappa shape index (κ2) is 5.75. The Kier molecular flexibility index (Phi) is 4.20. The number of rotatable bonds is 3. The van der Waals surface area contributed by atoms with Gasteiger partial charge in [-0.05, 0) is 48.3 Å². The molecule has 0 fully saturated rings. The third-order valence-electron chi connectivity index (χ3n) is 2.89. The molecule has 0 bridgehead atoms. The molecule has 1 aromatic carbocycles. The summed E-state index contributed by atoms with van der Waals surface area (Å²) >= 11 is 0. The fraction of sp³-hybridized carbons (Fsp3) is 0.154. The molecule has 0 atom stereocenters. The summed E-state index contributed by atoms with van der Waals surface area (Å²) in [6, 6.07) is 6.65. The molecule has 110 valence electrons. The van der Waals surface area contributed by atoms with Gasteiger partial charge in [0.2, 0.25) is 0 Å². The van der Waals surface area contributed by atoms with Gasteiger partial charge < -0.3 is 14.8 Å². The van der Waals surface area contributed by atoms with Crippen LogP contribution in [-0.4, -0.2) is 28.5 Å². The van der Waals surface area contributed by atoms with Gasteiger partial charge in [-0.2, -0.15) is 0 Å². The molecule has 0 aliphatic heterocycles. The van der Waals surface area contributed by atoms with Crippen LogP contribution < -0.4 is 10.2 Å². The van der Waals surface area contributed by atoms with E-state index in [0.717, 1.165) is 0 Å². The van der Waals surface area contributed by atoms with E-state index in [9.17, 15) is 23.2 Å². The van der Waals surface area contributed by atoms with E-state index in [4.69, 9.17) is 0 Å². The van der Waals surface area contributed by atoms with E-state index in [1.54, 1.807) is 6.92 Å². The van der Waals surface area contributed by atoms with Crippen LogP contribution in [0.1, 0.15) is 5.56 Å². The minimum atomic E-state index is -4.74. The molecule has 0 aliphatic rings. The molecule has 0 unspecified atom stereocenters. The van der Waals surface area contributed by atoms with E-state index in [1.165, 1.54) is 36.5 Å². The quantitative estimate of drug-likeness (QED) is 0.845. The number of alkyl halides is 3. The standard InChI is InChI=1S/C13H11BF3NO3/c1-8-11(14(19)20)6-7-18-12(8)9-2-4-10(5-3-9)21-13(15,16)17/h2-7,19-20H,1H3. The lowest BCUT2D eigenvalue weighted by Gasteiger charge is -2.11. The van der Waals surface area contributed by atoms with Gasteiger partial charge in [0.1, 0.15) is 5.75 Å². The van der Waals surface area contributed by atoms with E-state index < -0.39 is 13.5 Å². The second-order valence-corrected chi connectivity index (χ2v) is 4.32. The van der Waals surface area contributed by atoms with Crippen molar-refractivity contribution in [3.8, 4) is 17.0 Å². The number of ether oxygens (including phenoxy) is 1. The fourth-order valence-electron chi connectivity index (χ4n) is 1.94. The highest BCUT2D eigenvalue weighted by atomic mass is 19.4. The summed E-state index contributed by atoms with van der Waals surface area (Å²) in [5.41, 5.74) is 1.83. The van der Waals surface area contributed by atoms with Crippen molar-refractivity contribution < 1.29 is 28.0 Å². The largest absolute Gasteiger partial charge is 0.573 e. The summed E-state index contributed by atoms with van der Waals surface area (Å²) in [5, 5.41) is 18.5. The van der Waals surface area contributed by atoms with E-state index in [0.29, 0.717) is 16.8 Å². The number of hydrogen-bond donors (Lipinski definition) is 2. The van der Waals surface area contributed by atoms with Gasteiger partial charge in [-0.15, -0.1) is 13.2 Å². The zero-order valence-electron chi connectivity index (χ0n) is 10.9. The van der Waals surface area contributed by atoms with Crippen LogP contribution in [0.2, 0.25) is 0 Å². The lowest BCUT2D eigenvalue weighted by atomic mass is 9.77. The molecule has 8 heteroatoms. The van der Waals surface area contributed by atoms with Gasteiger partial charge in [-0.1, -0.05) is 0 Å². The Balaban J connectivity index is 2.33. The Morgan fingerprint density at radius 3 is 2.24 bits per heavy atom. The van der Waals surface area contributed by atoms with Crippen LogP contribution in [0, 0.1) is 6.92 Å². The molecule has 2 N–H and O–H groups in total. The Morgan fingerprint density at radius 2 is 1.71 bits per heavy atom. The molecular weight excluding hydrogens is 286 g/mol. The molecule has 2 rings (SSSR count). The Bertz CT molecular complexity index is 630. The van der Waals surface area contributed by atoms with Gasteiger partial charge in [0.25, 0.3) is 0 Å². The number of halogens is 3. The van der Waals surface area contributed by atoms with Crippen LogP contribution >= 0.6 is 0 Å². The van der Waals surface area contributed by atoms with Crippen LogP contribution in [0.3, 0.4) is 0 Å². The Labute approximate surface area is 119 Å². The molecule has 0 radical (unpaired) electrons. The highest BCUT2D eigenvalue weighted by Gasteiger charge is 2.31. The fourth-order valence-corrected chi connectivity index (χ4v) is 1.94. The molecule has 4 nitrogen and oxygen atoms in total. The van der Waals surface area contributed by atoms with Crippen LogP contribution in [0.4, 0.5) is 13.2 Å². The molecule has 0 aliphatic carbocycles. The number of nitrogens with zero attached hydrogens (tertiary/aromatic N) is 1. The minimum absolute atomic E-state index is 0.288. The van der Waals surface area contributed by atoms with Gasteiger partial charge in [0.15, 0.2) is 0 Å². The predicted octanol–water partition coefficient (Wildman–Crippen LogP) is 1.64. The van der Waals surface area contributed by atoms with Crippen LogP contribution in [-0.2, 0) is 0 Å². The molecule has 1 heterocycles. The first-order valence-corrected chi connectivity index (χ1v) is 5.96. The maximum atomic E-state index is 12.1. The first-order valence-electron chi connectivity index (χ1n) is 5.96. The third kappa shape index (κ3) is 3.74. The van der Waals surface area contributed by atoms with Crippen LogP contribution in [0.5, 0.6) is 5.75 Å².